The molecule has 0 spiro atoms. The standard InChI is InChI=1S/C41H53NO6/c1-21(2)26-16-28(42-19-25-15-13-12-14-24(25)17-38(6,7)8)33(44)30-27(26)18-39(9)20-40(10)31(22(3)4)34(45)29(23(5)43)36(47)41(40,11)37(48)32(39)35(30)46/h12-16,21-22,31,42,44-45,48H,17-20H2,1-11H3/t31?,39-,40-,41-/m1/s1. The Hall–Kier alpha value is -3.87. The molecule has 7 heteroatoms. The number of aromatic hydroxyl groups is 1. The Balaban J connectivity index is 1.68. The molecule has 0 heterocycles. The number of anilines is 1. The van der Waals surface area contributed by atoms with Crippen LogP contribution in [0.1, 0.15) is 121 Å². The van der Waals surface area contributed by atoms with E-state index in [4.69, 9.17) is 0 Å². The molecule has 258 valence electrons. The number of ketones is 3. The maximum absolute atomic E-state index is 14.8. The van der Waals surface area contributed by atoms with Crippen molar-refractivity contribution in [1.29, 1.82) is 0 Å². The van der Waals surface area contributed by atoms with Gasteiger partial charge in [0.2, 0.25) is 0 Å². The fourth-order valence-corrected chi connectivity index (χ4v) is 9.41. The summed E-state index contributed by atoms with van der Waals surface area (Å²) in [5.74, 6) is -3.27. The molecule has 3 aliphatic rings. The molecule has 1 unspecified atom stereocenters. The first-order valence-electron chi connectivity index (χ1n) is 17.3. The second kappa shape index (κ2) is 11.6. The van der Waals surface area contributed by atoms with Crippen LogP contribution >= 0.6 is 0 Å². The van der Waals surface area contributed by atoms with E-state index in [9.17, 15) is 29.7 Å². The van der Waals surface area contributed by atoms with Crippen LogP contribution in [0.5, 0.6) is 5.75 Å². The average Bonchev–Trinajstić information content (AvgIpc) is 2.94. The summed E-state index contributed by atoms with van der Waals surface area (Å²) in [6.07, 6.45) is 1.56. The van der Waals surface area contributed by atoms with Crippen LogP contribution in [0.2, 0.25) is 0 Å². The van der Waals surface area contributed by atoms with Gasteiger partial charge < -0.3 is 20.6 Å². The second-order valence-electron chi connectivity index (χ2n) is 17.1. The molecule has 5 rings (SSSR count). The Kier molecular flexibility index (Phi) is 8.59. The minimum atomic E-state index is -1.64. The van der Waals surface area contributed by atoms with Gasteiger partial charge in [-0.05, 0) is 84.1 Å². The fraction of sp³-hybridized carbons (Fsp3) is 0.537. The van der Waals surface area contributed by atoms with E-state index >= 15 is 0 Å². The summed E-state index contributed by atoms with van der Waals surface area (Å²) in [5.41, 5.74) is 0.897. The zero-order chi connectivity index (χ0) is 35.9. The van der Waals surface area contributed by atoms with E-state index in [1.54, 1.807) is 6.92 Å². The fourth-order valence-electron chi connectivity index (χ4n) is 9.41. The van der Waals surface area contributed by atoms with E-state index in [1.165, 1.54) is 12.5 Å². The number of hydrogen-bond acceptors (Lipinski definition) is 7. The Morgan fingerprint density at radius 3 is 2.15 bits per heavy atom. The topological polar surface area (TPSA) is 124 Å². The van der Waals surface area contributed by atoms with Crippen LogP contribution in [0.4, 0.5) is 5.69 Å². The molecule has 4 N–H and O–H groups in total. The van der Waals surface area contributed by atoms with Crippen molar-refractivity contribution in [3.63, 3.8) is 0 Å². The van der Waals surface area contributed by atoms with Crippen molar-refractivity contribution >= 4 is 23.0 Å². The third-order valence-corrected chi connectivity index (χ3v) is 11.5. The molecule has 0 radical (unpaired) electrons. The highest BCUT2D eigenvalue weighted by Crippen LogP contribution is 2.68. The van der Waals surface area contributed by atoms with Crippen LogP contribution in [0, 0.1) is 33.5 Å². The number of fused-ring (bicyclic) bond motifs is 3. The Bertz CT molecular complexity index is 1790. The van der Waals surface area contributed by atoms with Crippen molar-refractivity contribution in [2.24, 2.45) is 33.5 Å². The Labute approximate surface area is 285 Å². The number of hydrogen-bond donors (Lipinski definition) is 4. The molecule has 2 aromatic rings. The van der Waals surface area contributed by atoms with Crippen LogP contribution in [-0.4, -0.2) is 32.7 Å². The van der Waals surface area contributed by atoms with E-state index in [0.29, 0.717) is 25.1 Å². The Morgan fingerprint density at radius 2 is 1.60 bits per heavy atom. The number of rotatable bonds is 7. The summed E-state index contributed by atoms with van der Waals surface area (Å²) in [7, 11) is 0. The number of carbonyl (C=O) groups is 3. The lowest BCUT2D eigenvalue weighted by molar-refractivity contribution is -0.146. The van der Waals surface area contributed by atoms with Crippen LogP contribution < -0.4 is 5.32 Å². The summed E-state index contributed by atoms with van der Waals surface area (Å²) < 4.78 is 0. The van der Waals surface area contributed by atoms with E-state index in [-0.39, 0.29) is 51.2 Å². The summed E-state index contributed by atoms with van der Waals surface area (Å²) in [4.78, 5) is 41.8. The summed E-state index contributed by atoms with van der Waals surface area (Å²) in [5, 5.41) is 39.0. The van der Waals surface area contributed by atoms with Crippen molar-refractivity contribution in [3.8, 4) is 5.75 Å². The molecule has 0 amide bonds. The van der Waals surface area contributed by atoms with Gasteiger partial charge in [-0.15, -0.1) is 0 Å². The zero-order valence-corrected chi connectivity index (χ0v) is 30.5. The number of benzene rings is 2. The molecule has 3 aliphatic carbocycles. The minimum Gasteiger partial charge on any atom is -0.511 e. The third-order valence-electron chi connectivity index (χ3n) is 11.5. The molecule has 0 aromatic heterocycles. The molecule has 0 aliphatic heterocycles. The highest BCUT2D eigenvalue weighted by Gasteiger charge is 2.69. The van der Waals surface area contributed by atoms with Crippen molar-refractivity contribution in [1.82, 2.24) is 0 Å². The molecule has 0 fully saturated rings. The van der Waals surface area contributed by atoms with Crippen molar-refractivity contribution in [2.75, 3.05) is 5.32 Å². The number of aliphatic hydroxyl groups excluding tert-OH is 2. The van der Waals surface area contributed by atoms with E-state index < -0.39 is 39.5 Å². The molecular formula is C41H53NO6. The van der Waals surface area contributed by atoms with E-state index in [1.807, 2.05) is 45.9 Å². The summed E-state index contributed by atoms with van der Waals surface area (Å²) >= 11 is 0. The first kappa shape index (κ1) is 35.4. The highest BCUT2D eigenvalue weighted by molar-refractivity contribution is 6.24. The first-order chi connectivity index (χ1) is 22.1. The number of carbonyl (C=O) groups excluding carboxylic acids is 3. The zero-order valence-electron chi connectivity index (χ0n) is 30.5. The van der Waals surface area contributed by atoms with Crippen LogP contribution in [-0.2, 0) is 29.0 Å². The molecule has 48 heavy (non-hydrogen) atoms. The van der Waals surface area contributed by atoms with Gasteiger partial charge in [0.05, 0.1) is 22.2 Å². The monoisotopic (exact) mass is 655 g/mol. The van der Waals surface area contributed by atoms with Gasteiger partial charge in [-0.2, -0.15) is 0 Å². The quantitative estimate of drug-likeness (QED) is 0.173. The number of nitrogens with one attached hydrogen (secondary N) is 1. The van der Waals surface area contributed by atoms with Gasteiger partial charge >= 0.3 is 0 Å². The van der Waals surface area contributed by atoms with Crippen LogP contribution in [0.15, 0.2) is 53.0 Å². The van der Waals surface area contributed by atoms with Gasteiger partial charge in [-0.3, -0.25) is 14.4 Å². The molecule has 0 bridgehead atoms. The number of phenols is 1. The van der Waals surface area contributed by atoms with Crippen molar-refractivity contribution < 1.29 is 29.7 Å². The van der Waals surface area contributed by atoms with Gasteiger partial charge in [0.25, 0.3) is 0 Å². The largest absolute Gasteiger partial charge is 0.511 e. The SMILES string of the molecule is CC(=O)C1=C(O)C(C(C)C)[C@@]2(C)C[C@@]3(C)Cc4c(C(C)C)cc(NCc5ccccc5CC(C)(C)C)c(O)c4C(=O)C3=C(O)[C@@]2(C)C1=O. The van der Waals surface area contributed by atoms with E-state index in [2.05, 4.69) is 52.1 Å². The lowest BCUT2D eigenvalue weighted by Gasteiger charge is -2.61. The van der Waals surface area contributed by atoms with Gasteiger partial charge in [-0.1, -0.05) is 86.6 Å². The molecule has 2 aromatic carbocycles. The summed E-state index contributed by atoms with van der Waals surface area (Å²) in [6, 6.07) is 10.2. The van der Waals surface area contributed by atoms with Gasteiger partial charge in [0, 0.05) is 23.5 Å². The smallest absolute Gasteiger partial charge is 0.197 e. The number of allylic oxidation sites excluding steroid dienone is 4. The van der Waals surface area contributed by atoms with Crippen LogP contribution in [0.3, 0.4) is 0 Å². The van der Waals surface area contributed by atoms with Crippen molar-refractivity contribution in [3.05, 3.63) is 80.8 Å². The predicted octanol–water partition coefficient (Wildman–Crippen LogP) is 8.95. The van der Waals surface area contributed by atoms with Gasteiger partial charge in [0.1, 0.15) is 17.3 Å². The molecule has 4 atom stereocenters. The van der Waals surface area contributed by atoms with E-state index in [0.717, 1.165) is 23.1 Å². The third kappa shape index (κ3) is 5.19. The molecular weight excluding hydrogens is 602 g/mol. The predicted molar refractivity (Wildman–Crippen MR) is 189 cm³/mol. The number of phenolic OH excluding ortho intramolecular Hbond substituents is 1. The summed E-state index contributed by atoms with van der Waals surface area (Å²) in [6.45, 7) is 21.7. The normalized spacial score (nSPS) is 27.3. The maximum atomic E-state index is 14.8. The lowest BCUT2D eigenvalue weighted by Crippen LogP contribution is -2.62. The molecule has 7 nitrogen and oxygen atoms in total. The van der Waals surface area contributed by atoms with Crippen molar-refractivity contribution in [2.45, 2.75) is 108 Å². The average molecular weight is 656 g/mol. The van der Waals surface area contributed by atoms with Gasteiger partial charge in [-0.25, -0.2) is 0 Å². The maximum Gasteiger partial charge on any atom is 0.197 e. The number of aliphatic hydroxyl groups is 2. The molecule has 0 saturated carbocycles. The number of Topliss-reactive ketones (excluding diaryl/α,β-unsaturated/α-hetero) is 3. The van der Waals surface area contributed by atoms with Crippen LogP contribution in [0.25, 0.3) is 0 Å². The minimum absolute atomic E-state index is 0.0258. The first-order valence-corrected chi connectivity index (χ1v) is 17.3. The second-order valence-corrected chi connectivity index (χ2v) is 17.1. The lowest BCUT2D eigenvalue weighted by atomic mass is 9.41. The Morgan fingerprint density at radius 1 is 1.00 bits per heavy atom. The highest BCUT2D eigenvalue weighted by atomic mass is 16.3. The van der Waals surface area contributed by atoms with Gasteiger partial charge in [0.15, 0.2) is 17.3 Å². The molecule has 0 saturated heterocycles.